The summed E-state index contributed by atoms with van der Waals surface area (Å²) in [6.07, 6.45) is 8.78. The van der Waals surface area contributed by atoms with Crippen LogP contribution in [-0.2, 0) is 9.53 Å². The van der Waals surface area contributed by atoms with Crippen molar-refractivity contribution in [2.24, 2.45) is 0 Å². The predicted octanol–water partition coefficient (Wildman–Crippen LogP) is 0.473. The number of carbonyl (C=O) groups is 1. The third-order valence-electron chi connectivity index (χ3n) is 1.72. The quantitative estimate of drug-likeness (QED) is 0.503. The normalized spacial score (nSPS) is 15.5. The van der Waals surface area contributed by atoms with Gasteiger partial charge in [-0.3, -0.25) is 10.1 Å². The molecule has 3 nitrogen and oxygen atoms in total. The number of rotatable bonds is 4. The van der Waals surface area contributed by atoms with Crippen molar-refractivity contribution in [2.45, 2.75) is 12.8 Å². The lowest BCUT2D eigenvalue weighted by Crippen LogP contribution is -2.26. The third kappa shape index (κ3) is 3.30. The fourth-order valence-electron chi connectivity index (χ4n) is 1.09. The van der Waals surface area contributed by atoms with Gasteiger partial charge in [-0.05, 0) is 18.9 Å². The van der Waals surface area contributed by atoms with Crippen molar-refractivity contribution < 1.29 is 9.53 Å². The van der Waals surface area contributed by atoms with E-state index in [1.165, 1.54) is 0 Å². The number of ether oxygens (including phenoxy) is 1. The van der Waals surface area contributed by atoms with E-state index >= 15 is 0 Å². The van der Waals surface area contributed by atoms with E-state index in [0.717, 1.165) is 12.8 Å². The zero-order chi connectivity index (χ0) is 9.52. The Balaban J connectivity index is 2.30. The van der Waals surface area contributed by atoms with Gasteiger partial charge in [-0.2, -0.15) is 0 Å². The highest BCUT2D eigenvalue weighted by Gasteiger charge is 2.12. The van der Waals surface area contributed by atoms with Gasteiger partial charge in [0.2, 0.25) is 5.78 Å². The highest BCUT2D eigenvalue weighted by Crippen LogP contribution is 2.09. The Morgan fingerprint density at radius 1 is 1.77 bits per heavy atom. The Bertz CT molecular complexity index is 250. The van der Waals surface area contributed by atoms with Crippen LogP contribution in [0.3, 0.4) is 0 Å². The van der Waals surface area contributed by atoms with Crippen LogP contribution in [0.4, 0.5) is 0 Å². The smallest absolute Gasteiger partial charge is 0.210 e. The van der Waals surface area contributed by atoms with Gasteiger partial charge in [-0.1, -0.05) is 5.92 Å². The van der Waals surface area contributed by atoms with Crippen molar-refractivity contribution in [1.82, 2.24) is 5.32 Å². The van der Waals surface area contributed by atoms with Gasteiger partial charge >= 0.3 is 0 Å². The van der Waals surface area contributed by atoms with Crippen molar-refractivity contribution >= 4 is 5.78 Å². The standard InChI is InChI=1S/C10H13NO2/c1-2-6-11-8-9(12)10-5-3-4-7-13-10/h1,5,11H,3-4,6-8H2. The second-order valence-corrected chi connectivity index (χ2v) is 2.79. The van der Waals surface area contributed by atoms with E-state index in [-0.39, 0.29) is 12.3 Å². The molecule has 1 heterocycles. The summed E-state index contributed by atoms with van der Waals surface area (Å²) in [4.78, 5) is 11.3. The van der Waals surface area contributed by atoms with Gasteiger partial charge in [-0.25, -0.2) is 0 Å². The van der Waals surface area contributed by atoms with Gasteiger partial charge in [0.25, 0.3) is 0 Å². The number of hydrogen-bond donors (Lipinski definition) is 1. The second kappa shape index (κ2) is 5.39. The summed E-state index contributed by atoms with van der Waals surface area (Å²) in [6, 6.07) is 0. The molecular weight excluding hydrogens is 166 g/mol. The maximum Gasteiger partial charge on any atom is 0.210 e. The molecule has 1 rings (SSSR count). The molecule has 70 valence electrons. The lowest BCUT2D eigenvalue weighted by atomic mass is 10.2. The molecule has 0 amide bonds. The van der Waals surface area contributed by atoms with Crippen LogP contribution in [0.5, 0.6) is 0 Å². The minimum atomic E-state index is -0.0186. The average molecular weight is 179 g/mol. The fraction of sp³-hybridized carbons (Fsp3) is 0.500. The molecule has 1 aliphatic rings. The Morgan fingerprint density at radius 2 is 2.62 bits per heavy atom. The van der Waals surface area contributed by atoms with Gasteiger partial charge in [0.05, 0.1) is 19.7 Å². The maximum absolute atomic E-state index is 11.3. The Morgan fingerprint density at radius 3 is 3.23 bits per heavy atom. The molecule has 0 saturated carbocycles. The van der Waals surface area contributed by atoms with E-state index in [2.05, 4.69) is 11.2 Å². The number of terminal acetylenes is 1. The first-order valence-corrected chi connectivity index (χ1v) is 4.35. The van der Waals surface area contributed by atoms with Gasteiger partial charge < -0.3 is 4.74 Å². The first-order chi connectivity index (χ1) is 6.34. The summed E-state index contributed by atoms with van der Waals surface area (Å²) in [7, 11) is 0. The Kier molecular flexibility index (Phi) is 4.07. The Hall–Kier alpha value is -1.27. The van der Waals surface area contributed by atoms with Gasteiger partial charge in [-0.15, -0.1) is 6.42 Å². The van der Waals surface area contributed by atoms with Crippen molar-refractivity contribution in [3.05, 3.63) is 11.8 Å². The molecule has 0 fully saturated rings. The first-order valence-electron chi connectivity index (χ1n) is 4.35. The minimum absolute atomic E-state index is 0.0186. The molecule has 0 aromatic heterocycles. The van der Waals surface area contributed by atoms with Crippen LogP contribution in [0.2, 0.25) is 0 Å². The Labute approximate surface area is 78.2 Å². The van der Waals surface area contributed by atoms with Crippen LogP contribution in [-0.4, -0.2) is 25.5 Å². The van der Waals surface area contributed by atoms with Crippen molar-refractivity contribution in [1.29, 1.82) is 0 Å². The molecule has 0 atom stereocenters. The highest BCUT2D eigenvalue weighted by molar-refractivity contribution is 5.95. The summed E-state index contributed by atoms with van der Waals surface area (Å²) >= 11 is 0. The molecule has 1 N–H and O–H groups in total. The maximum atomic E-state index is 11.3. The molecule has 3 heteroatoms. The summed E-state index contributed by atoms with van der Waals surface area (Å²) in [5.74, 6) is 2.87. The molecule has 0 unspecified atom stereocenters. The molecule has 0 aromatic carbocycles. The van der Waals surface area contributed by atoms with Gasteiger partial charge in [0.15, 0.2) is 5.76 Å². The number of carbonyl (C=O) groups excluding carboxylic acids is 1. The van der Waals surface area contributed by atoms with E-state index in [4.69, 9.17) is 11.2 Å². The lowest BCUT2D eigenvalue weighted by molar-refractivity contribution is -0.118. The average Bonchev–Trinajstić information content (AvgIpc) is 2.19. The summed E-state index contributed by atoms with van der Waals surface area (Å²) < 4.78 is 5.19. The lowest BCUT2D eigenvalue weighted by Gasteiger charge is -2.13. The van der Waals surface area contributed by atoms with Crippen molar-refractivity contribution in [3.8, 4) is 12.3 Å². The predicted molar refractivity (Wildman–Crippen MR) is 50.0 cm³/mol. The van der Waals surface area contributed by atoms with E-state index in [0.29, 0.717) is 18.9 Å². The van der Waals surface area contributed by atoms with E-state index in [1.54, 1.807) is 0 Å². The van der Waals surface area contributed by atoms with Gasteiger partial charge in [0, 0.05) is 0 Å². The second-order valence-electron chi connectivity index (χ2n) is 2.79. The monoisotopic (exact) mass is 179 g/mol. The first kappa shape index (κ1) is 9.82. The molecular formula is C10H13NO2. The van der Waals surface area contributed by atoms with Crippen LogP contribution < -0.4 is 5.32 Å². The molecule has 0 aliphatic carbocycles. The van der Waals surface area contributed by atoms with Crippen LogP contribution in [0.15, 0.2) is 11.8 Å². The third-order valence-corrected chi connectivity index (χ3v) is 1.72. The SMILES string of the molecule is C#CCNCC(=O)C1=CCCCO1. The van der Waals surface area contributed by atoms with Crippen molar-refractivity contribution in [2.75, 3.05) is 19.7 Å². The van der Waals surface area contributed by atoms with Crippen LogP contribution in [0.25, 0.3) is 0 Å². The largest absolute Gasteiger partial charge is 0.490 e. The number of hydrogen-bond acceptors (Lipinski definition) is 3. The zero-order valence-electron chi connectivity index (χ0n) is 7.51. The highest BCUT2D eigenvalue weighted by atomic mass is 16.5. The molecule has 13 heavy (non-hydrogen) atoms. The number of ketones is 1. The molecule has 0 radical (unpaired) electrons. The van der Waals surface area contributed by atoms with Crippen LogP contribution >= 0.6 is 0 Å². The molecule has 0 bridgehead atoms. The molecule has 1 aliphatic heterocycles. The minimum Gasteiger partial charge on any atom is -0.490 e. The summed E-state index contributed by atoms with van der Waals surface area (Å²) in [5, 5.41) is 2.83. The van der Waals surface area contributed by atoms with Crippen LogP contribution in [0.1, 0.15) is 12.8 Å². The molecule has 0 saturated heterocycles. The zero-order valence-corrected chi connectivity index (χ0v) is 7.51. The number of allylic oxidation sites excluding steroid dienone is 1. The summed E-state index contributed by atoms with van der Waals surface area (Å²) in [6.45, 7) is 1.32. The topological polar surface area (TPSA) is 38.3 Å². The van der Waals surface area contributed by atoms with E-state index < -0.39 is 0 Å². The van der Waals surface area contributed by atoms with Gasteiger partial charge in [0.1, 0.15) is 0 Å². The fourth-order valence-corrected chi connectivity index (χ4v) is 1.09. The number of Topliss-reactive ketones (excluding diaryl/α,β-unsaturated/α-hetero) is 1. The van der Waals surface area contributed by atoms with E-state index in [1.807, 2.05) is 6.08 Å². The van der Waals surface area contributed by atoms with E-state index in [9.17, 15) is 4.79 Å². The molecule has 0 aromatic rings. The van der Waals surface area contributed by atoms with Crippen molar-refractivity contribution in [3.63, 3.8) is 0 Å². The van der Waals surface area contributed by atoms with Crippen LogP contribution in [0, 0.1) is 12.3 Å². The number of nitrogens with one attached hydrogen (secondary N) is 1. The summed E-state index contributed by atoms with van der Waals surface area (Å²) in [5.41, 5.74) is 0. The molecule has 0 spiro atoms.